The minimum atomic E-state index is 0.141. The molecule has 2 heterocycles. The molecule has 0 spiro atoms. The first-order chi connectivity index (χ1) is 13.8. The van der Waals surface area contributed by atoms with Gasteiger partial charge in [0.1, 0.15) is 5.75 Å². The van der Waals surface area contributed by atoms with Crippen LogP contribution in [0.5, 0.6) is 5.75 Å². The molecule has 2 nitrogen and oxygen atoms in total. The Balaban J connectivity index is 1.88. The molecule has 2 heteroatoms. The number of ether oxygens (including phenoxy) is 1. The lowest BCUT2D eigenvalue weighted by molar-refractivity contribution is 0.407. The second kappa shape index (κ2) is 6.87. The van der Waals surface area contributed by atoms with Crippen LogP contribution in [0.2, 0.25) is 0 Å². The number of hydrogen-bond donors (Lipinski definition) is 0. The van der Waals surface area contributed by atoms with Gasteiger partial charge in [0.15, 0.2) is 0 Å². The number of aryl methyl sites for hydroxylation is 1. The van der Waals surface area contributed by atoms with Gasteiger partial charge < -0.3 is 9.30 Å². The van der Waals surface area contributed by atoms with E-state index in [1.54, 1.807) is 7.11 Å². The van der Waals surface area contributed by atoms with Crippen molar-refractivity contribution in [3.63, 3.8) is 0 Å². The molecule has 1 aliphatic heterocycles. The topological polar surface area (TPSA) is 14.2 Å². The quantitative estimate of drug-likeness (QED) is 0.341. The maximum Gasteiger partial charge on any atom is 0.125 e. The van der Waals surface area contributed by atoms with Crippen molar-refractivity contribution in [2.75, 3.05) is 7.11 Å². The Labute approximate surface area is 166 Å². The monoisotopic (exact) mass is 367 g/mol. The zero-order chi connectivity index (χ0) is 19.1. The van der Waals surface area contributed by atoms with E-state index in [0.717, 1.165) is 12.2 Å². The average Bonchev–Trinajstić information content (AvgIpc) is 3.26. The van der Waals surface area contributed by atoms with Crippen LogP contribution in [0.15, 0.2) is 72.8 Å². The zero-order valence-corrected chi connectivity index (χ0v) is 16.5. The van der Waals surface area contributed by atoms with Gasteiger partial charge in [-0.2, -0.15) is 0 Å². The van der Waals surface area contributed by atoms with Gasteiger partial charge in [-0.1, -0.05) is 74.0 Å². The molecule has 1 aliphatic rings. The van der Waals surface area contributed by atoms with Crippen LogP contribution in [0, 0.1) is 0 Å². The minimum Gasteiger partial charge on any atom is -0.496 e. The number of benzene rings is 3. The molecular formula is C26H25NO. The molecule has 1 atom stereocenters. The van der Waals surface area contributed by atoms with Gasteiger partial charge in [0.25, 0.3) is 0 Å². The van der Waals surface area contributed by atoms with E-state index < -0.39 is 0 Å². The molecule has 0 fully saturated rings. The number of unbranched alkanes of at least 4 members (excludes halogenated alkanes) is 1. The van der Waals surface area contributed by atoms with Gasteiger partial charge in [-0.25, -0.2) is 0 Å². The third-order valence-electron chi connectivity index (χ3n) is 5.98. The number of rotatable bonds is 5. The van der Waals surface area contributed by atoms with Gasteiger partial charge >= 0.3 is 0 Å². The third kappa shape index (κ3) is 2.41. The number of hydrogen-bond acceptors (Lipinski definition) is 1. The molecule has 1 aromatic heterocycles. The summed E-state index contributed by atoms with van der Waals surface area (Å²) in [4.78, 5) is 0. The van der Waals surface area contributed by atoms with Crippen molar-refractivity contribution in [2.45, 2.75) is 32.2 Å². The standard InChI is InChI=1S/C26H25NO/c1-3-4-13-20-19-14-8-9-16-22(19)27-25(18-11-6-5-7-12-18)24-21(26(20)27)15-10-17-23(24)28-2/h5-12,14-17,25H,3-4,13H2,1-2H3. The first-order valence-corrected chi connectivity index (χ1v) is 10.2. The molecule has 0 bridgehead atoms. The summed E-state index contributed by atoms with van der Waals surface area (Å²) < 4.78 is 8.37. The summed E-state index contributed by atoms with van der Waals surface area (Å²) in [6.45, 7) is 2.27. The molecule has 4 aromatic rings. The third-order valence-corrected chi connectivity index (χ3v) is 5.98. The van der Waals surface area contributed by atoms with Crippen LogP contribution in [0.1, 0.15) is 42.5 Å². The van der Waals surface area contributed by atoms with Crippen LogP contribution in [-0.4, -0.2) is 11.7 Å². The highest BCUT2D eigenvalue weighted by atomic mass is 16.5. The van der Waals surface area contributed by atoms with Gasteiger partial charge in [-0.3, -0.25) is 0 Å². The molecule has 0 saturated carbocycles. The lowest BCUT2D eigenvalue weighted by Crippen LogP contribution is -2.08. The Hall–Kier alpha value is -3.00. The number of fused-ring (bicyclic) bond motifs is 5. The van der Waals surface area contributed by atoms with Crippen molar-refractivity contribution in [1.29, 1.82) is 0 Å². The van der Waals surface area contributed by atoms with E-state index in [4.69, 9.17) is 4.74 Å². The van der Waals surface area contributed by atoms with Crippen molar-refractivity contribution in [3.05, 3.63) is 89.5 Å². The summed E-state index contributed by atoms with van der Waals surface area (Å²) in [6.07, 6.45) is 3.51. The average molecular weight is 367 g/mol. The molecule has 0 amide bonds. The predicted molar refractivity (Wildman–Crippen MR) is 116 cm³/mol. The van der Waals surface area contributed by atoms with Crippen LogP contribution in [0.3, 0.4) is 0 Å². The van der Waals surface area contributed by atoms with Gasteiger partial charge in [0.2, 0.25) is 0 Å². The maximum atomic E-state index is 5.83. The Morgan fingerprint density at radius 3 is 2.46 bits per heavy atom. The SMILES string of the molecule is CCCCc1c2n(c3ccccc13)C(c1ccccc1)c1c(OC)cccc1-2. The van der Waals surface area contributed by atoms with Crippen molar-refractivity contribution < 1.29 is 4.74 Å². The minimum absolute atomic E-state index is 0.141. The molecule has 0 aliphatic carbocycles. The summed E-state index contributed by atoms with van der Waals surface area (Å²) in [5, 5.41) is 1.39. The maximum absolute atomic E-state index is 5.83. The van der Waals surface area contributed by atoms with Crippen LogP contribution >= 0.6 is 0 Å². The van der Waals surface area contributed by atoms with Crippen molar-refractivity contribution in [1.82, 2.24) is 4.57 Å². The lowest BCUT2D eigenvalue weighted by Gasteiger charge is -2.19. The summed E-state index contributed by atoms with van der Waals surface area (Å²) >= 11 is 0. The fourth-order valence-corrected chi connectivity index (χ4v) is 4.79. The number of aromatic nitrogens is 1. The van der Waals surface area contributed by atoms with Gasteiger partial charge in [-0.05, 0) is 36.1 Å². The predicted octanol–water partition coefficient (Wildman–Crippen LogP) is 6.61. The largest absolute Gasteiger partial charge is 0.496 e. The van der Waals surface area contributed by atoms with E-state index in [1.807, 2.05) is 0 Å². The zero-order valence-electron chi connectivity index (χ0n) is 16.5. The number of methoxy groups -OCH3 is 1. The van der Waals surface area contributed by atoms with Gasteiger partial charge in [0.05, 0.1) is 18.8 Å². The summed E-state index contributed by atoms with van der Waals surface area (Å²) in [7, 11) is 1.78. The van der Waals surface area contributed by atoms with Crippen LogP contribution in [-0.2, 0) is 6.42 Å². The van der Waals surface area contributed by atoms with Gasteiger partial charge in [0, 0.05) is 22.0 Å². The summed E-state index contributed by atoms with van der Waals surface area (Å²) in [5.41, 5.74) is 8.07. The van der Waals surface area contributed by atoms with Crippen LogP contribution in [0.4, 0.5) is 0 Å². The molecule has 140 valence electrons. The van der Waals surface area contributed by atoms with Crippen LogP contribution in [0.25, 0.3) is 22.2 Å². The van der Waals surface area contributed by atoms with Crippen molar-refractivity contribution in [3.8, 4) is 17.0 Å². The van der Waals surface area contributed by atoms with E-state index in [9.17, 15) is 0 Å². The van der Waals surface area contributed by atoms with Gasteiger partial charge in [-0.15, -0.1) is 0 Å². The highest BCUT2D eigenvalue weighted by Gasteiger charge is 2.36. The molecule has 0 N–H and O–H groups in total. The van der Waals surface area contributed by atoms with Crippen molar-refractivity contribution >= 4 is 10.9 Å². The highest BCUT2D eigenvalue weighted by molar-refractivity contribution is 5.95. The molecule has 1 unspecified atom stereocenters. The lowest BCUT2D eigenvalue weighted by atomic mass is 9.93. The molecular weight excluding hydrogens is 342 g/mol. The number of nitrogens with zero attached hydrogens (tertiary/aromatic N) is 1. The summed E-state index contributed by atoms with van der Waals surface area (Å²) in [6, 6.07) is 26.3. The first-order valence-electron chi connectivity index (χ1n) is 10.2. The molecule has 0 saturated heterocycles. The van der Waals surface area contributed by atoms with E-state index in [0.29, 0.717) is 0 Å². The normalized spacial score (nSPS) is 14.9. The molecule has 5 rings (SSSR count). The first kappa shape index (κ1) is 17.1. The summed E-state index contributed by atoms with van der Waals surface area (Å²) in [5.74, 6) is 0.973. The highest BCUT2D eigenvalue weighted by Crippen LogP contribution is 2.52. The smallest absolute Gasteiger partial charge is 0.125 e. The molecule has 0 radical (unpaired) electrons. The Morgan fingerprint density at radius 2 is 1.68 bits per heavy atom. The fourth-order valence-electron chi connectivity index (χ4n) is 4.79. The van der Waals surface area contributed by atoms with E-state index >= 15 is 0 Å². The molecule has 3 aromatic carbocycles. The number of para-hydroxylation sites is 1. The van der Waals surface area contributed by atoms with E-state index in [-0.39, 0.29) is 6.04 Å². The van der Waals surface area contributed by atoms with E-state index in [1.165, 1.54) is 51.7 Å². The van der Waals surface area contributed by atoms with E-state index in [2.05, 4.69) is 84.3 Å². The Kier molecular flexibility index (Phi) is 4.20. The van der Waals surface area contributed by atoms with Crippen LogP contribution < -0.4 is 4.74 Å². The second-order valence-electron chi connectivity index (χ2n) is 7.55. The molecule has 28 heavy (non-hydrogen) atoms. The Bertz CT molecular complexity index is 1140. The second-order valence-corrected chi connectivity index (χ2v) is 7.55. The fraction of sp³-hybridized carbons (Fsp3) is 0.231. The van der Waals surface area contributed by atoms with Crippen molar-refractivity contribution in [2.24, 2.45) is 0 Å². The Morgan fingerprint density at radius 1 is 0.893 bits per heavy atom.